The van der Waals surface area contributed by atoms with E-state index in [0.29, 0.717) is 17.9 Å². The molecule has 0 aliphatic rings. The first-order valence-corrected chi connectivity index (χ1v) is 10.5. The van der Waals surface area contributed by atoms with Crippen molar-refractivity contribution >= 4 is 22.5 Å². The molecule has 4 aromatic rings. The molecule has 2 heterocycles. The first-order chi connectivity index (χ1) is 15.5. The minimum atomic E-state index is -0.262. The van der Waals surface area contributed by atoms with Crippen molar-refractivity contribution in [3.63, 3.8) is 0 Å². The molecule has 6 heteroatoms. The lowest BCUT2D eigenvalue weighted by molar-refractivity contribution is 0.0980. The summed E-state index contributed by atoms with van der Waals surface area (Å²) in [6.07, 6.45) is 1.59. The molecule has 0 aliphatic heterocycles. The Balaban J connectivity index is 1.81. The van der Waals surface area contributed by atoms with E-state index in [4.69, 9.17) is 4.74 Å². The summed E-state index contributed by atoms with van der Waals surface area (Å²) in [7, 11) is 0. The molecule has 2 aromatic carbocycles. The number of nitrogens with one attached hydrogen (secondary N) is 1. The molecule has 4 rings (SSSR count). The van der Waals surface area contributed by atoms with Crippen molar-refractivity contribution in [1.82, 2.24) is 9.97 Å². The van der Waals surface area contributed by atoms with Gasteiger partial charge in [0, 0.05) is 28.4 Å². The lowest BCUT2D eigenvalue weighted by atomic mass is 10.1. The third-order valence-corrected chi connectivity index (χ3v) is 5.32. The van der Waals surface area contributed by atoms with Gasteiger partial charge in [-0.05, 0) is 74.4 Å². The molecule has 0 saturated heterocycles. The van der Waals surface area contributed by atoms with Crippen molar-refractivity contribution < 1.29 is 9.53 Å². The van der Waals surface area contributed by atoms with Crippen molar-refractivity contribution in [1.29, 1.82) is 0 Å². The van der Waals surface area contributed by atoms with Crippen LogP contribution in [-0.2, 0) is 6.54 Å². The smallest absolute Gasteiger partial charge is 0.277 e. The number of aryl methyl sites for hydroxylation is 2. The minimum absolute atomic E-state index is 0.115. The topological polar surface area (TPSA) is 75.3 Å². The third-order valence-electron chi connectivity index (χ3n) is 5.32. The van der Waals surface area contributed by atoms with Crippen molar-refractivity contribution in [3.05, 3.63) is 99.6 Å². The molecule has 32 heavy (non-hydrogen) atoms. The number of aromatic amines is 1. The van der Waals surface area contributed by atoms with Crippen molar-refractivity contribution in [2.45, 2.75) is 27.3 Å². The number of H-pyrrole nitrogens is 1. The fourth-order valence-corrected chi connectivity index (χ4v) is 3.68. The van der Waals surface area contributed by atoms with Gasteiger partial charge >= 0.3 is 0 Å². The zero-order chi connectivity index (χ0) is 22.7. The predicted molar refractivity (Wildman–Crippen MR) is 126 cm³/mol. The summed E-state index contributed by atoms with van der Waals surface area (Å²) in [6.45, 7) is 6.52. The minimum Gasteiger partial charge on any atom is -0.494 e. The van der Waals surface area contributed by atoms with E-state index in [1.54, 1.807) is 29.3 Å². The second-order valence-corrected chi connectivity index (χ2v) is 7.70. The monoisotopic (exact) mass is 427 g/mol. The predicted octanol–water partition coefficient (Wildman–Crippen LogP) is 4.79. The number of aromatic nitrogens is 2. The number of rotatable bonds is 6. The van der Waals surface area contributed by atoms with E-state index in [2.05, 4.69) is 9.97 Å². The third kappa shape index (κ3) is 4.39. The van der Waals surface area contributed by atoms with Crippen molar-refractivity contribution in [2.75, 3.05) is 11.5 Å². The summed E-state index contributed by atoms with van der Waals surface area (Å²) < 4.78 is 5.59. The number of carbonyl (C=O) groups is 1. The summed E-state index contributed by atoms with van der Waals surface area (Å²) in [5, 5.41) is 0.844. The van der Waals surface area contributed by atoms with Gasteiger partial charge < -0.3 is 14.6 Å². The van der Waals surface area contributed by atoms with Crippen LogP contribution in [0.5, 0.6) is 5.75 Å². The molecule has 0 unspecified atom stereocenters. The summed E-state index contributed by atoms with van der Waals surface area (Å²) in [5.74, 6) is 0.468. The highest BCUT2D eigenvalue weighted by molar-refractivity contribution is 6.05. The van der Waals surface area contributed by atoms with Crippen LogP contribution < -0.4 is 15.2 Å². The molecule has 0 radical (unpaired) electrons. The lowest BCUT2D eigenvalue weighted by Gasteiger charge is -2.25. The van der Waals surface area contributed by atoms with Crippen molar-refractivity contribution in [2.24, 2.45) is 0 Å². The Bertz CT molecular complexity index is 1330. The number of ether oxygens (including phenoxy) is 1. The highest BCUT2D eigenvalue weighted by Crippen LogP contribution is 2.26. The largest absolute Gasteiger partial charge is 0.494 e. The standard InChI is InChI=1S/C26H25N3O3/c1-4-32-21-10-11-22-19(15-21)14-20(25(30)28-22)16-29(24-13-17(2)8-9-18(24)3)26(31)23-7-5-6-12-27-23/h5-15H,4,16H2,1-3H3,(H,28,30). The number of carbonyl (C=O) groups excluding carboxylic acids is 1. The summed E-state index contributed by atoms with van der Waals surface area (Å²) in [4.78, 5) is 35.1. The quantitative estimate of drug-likeness (QED) is 0.480. The number of fused-ring (bicyclic) bond motifs is 1. The average Bonchev–Trinajstić information content (AvgIpc) is 2.80. The lowest BCUT2D eigenvalue weighted by Crippen LogP contribution is -2.34. The van der Waals surface area contributed by atoms with E-state index >= 15 is 0 Å². The van der Waals surface area contributed by atoms with Gasteiger partial charge in [0.25, 0.3) is 11.5 Å². The molecule has 1 N–H and O–H groups in total. The van der Waals surface area contributed by atoms with Crippen LogP contribution in [0.3, 0.4) is 0 Å². The van der Waals surface area contributed by atoms with Gasteiger partial charge in [0.05, 0.1) is 13.2 Å². The van der Waals surface area contributed by atoms with E-state index in [-0.39, 0.29) is 18.0 Å². The van der Waals surface area contributed by atoms with E-state index in [0.717, 1.165) is 33.5 Å². The van der Waals surface area contributed by atoms with Gasteiger partial charge in [-0.3, -0.25) is 14.6 Å². The molecule has 0 aliphatic carbocycles. The van der Waals surface area contributed by atoms with Gasteiger partial charge in [-0.1, -0.05) is 18.2 Å². The Hall–Kier alpha value is -3.93. The fourth-order valence-electron chi connectivity index (χ4n) is 3.68. The fraction of sp³-hybridized carbons (Fsp3) is 0.192. The molecular weight excluding hydrogens is 402 g/mol. The molecule has 0 atom stereocenters. The van der Waals surface area contributed by atoms with Crippen LogP contribution in [0.15, 0.2) is 71.7 Å². The second kappa shape index (κ2) is 9.06. The Morgan fingerprint density at radius 1 is 1.06 bits per heavy atom. The molecule has 2 aromatic heterocycles. The zero-order valence-corrected chi connectivity index (χ0v) is 18.4. The van der Waals surface area contributed by atoms with Gasteiger partial charge in [0.15, 0.2) is 0 Å². The van der Waals surface area contributed by atoms with E-state index < -0.39 is 0 Å². The second-order valence-electron chi connectivity index (χ2n) is 7.70. The number of anilines is 1. The highest BCUT2D eigenvalue weighted by atomic mass is 16.5. The van der Waals surface area contributed by atoms with Gasteiger partial charge in [-0.25, -0.2) is 0 Å². The van der Waals surface area contributed by atoms with E-state index in [1.807, 2.05) is 63.2 Å². The SMILES string of the molecule is CCOc1ccc2[nH]c(=O)c(CN(C(=O)c3ccccn3)c3cc(C)ccc3C)cc2c1. The Labute approximate surface area is 186 Å². The zero-order valence-electron chi connectivity index (χ0n) is 18.4. The van der Waals surface area contributed by atoms with Crippen LogP contribution in [0.1, 0.15) is 34.1 Å². The Morgan fingerprint density at radius 3 is 2.66 bits per heavy atom. The van der Waals surface area contributed by atoms with E-state index in [9.17, 15) is 9.59 Å². The number of hydrogen-bond acceptors (Lipinski definition) is 4. The molecule has 0 fully saturated rings. The van der Waals surface area contributed by atoms with Crippen LogP contribution in [0.4, 0.5) is 5.69 Å². The molecule has 162 valence electrons. The normalized spacial score (nSPS) is 10.8. The van der Waals surface area contributed by atoms with Gasteiger partial charge in [0.2, 0.25) is 0 Å². The molecular formula is C26H25N3O3. The average molecular weight is 428 g/mol. The Kier molecular flexibility index (Phi) is 6.03. The van der Waals surface area contributed by atoms with Crippen molar-refractivity contribution in [3.8, 4) is 5.75 Å². The number of pyridine rings is 2. The first kappa shape index (κ1) is 21.3. The summed E-state index contributed by atoms with van der Waals surface area (Å²) >= 11 is 0. The van der Waals surface area contributed by atoms with Crippen LogP contribution >= 0.6 is 0 Å². The van der Waals surface area contributed by atoms with Crippen LogP contribution in [-0.4, -0.2) is 22.5 Å². The maximum Gasteiger partial charge on any atom is 0.277 e. The number of nitrogens with zero attached hydrogens (tertiary/aromatic N) is 2. The highest BCUT2D eigenvalue weighted by Gasteiger charge is 2.22. The Morgan fingerprint density at radius 2 is 1.91 bits per heavy atom. The summed E-state index contributed by atoms with van der Waals surface area (Å²) in [5.41, 5.74) is 4.01. The first-order valence-electron chi connectivity index (χ1n) is 10.5. The summed E-state index contributed by atoms with van der Waals surface area (Å²) in [6, 6.07) is 18.5. The maximum absolute atomic E-state index is 13.5. The van der Waals surface area contributed by atoms with Gasteiger partial charge in [-0.15, -0.1) is 0 Å². The number of hydrogen-bond donors (Lipinski definition) is 1. The molecule has 0 bridgehead atoms. The van der Waals surface area contributed by atoms with E-state index in [1.165, 1.54) is 0 Å². The maximum atomic E-state index is 13.5. The number of amides is 1. The molecule has 0 saturated carbocycles. The van der Waals surface area contributed by atoms with Crippen LogP contribution in [0.2, 0.25) is 0 Å². The van der Waals surface area contributed by atoms with Crippen LogP contribution in [0.25, 0.3) is 10.9 Å². The van der Waals surface area contributed by atoms with Gasteiger partial charge in [-0.2, -0.15) is 0 Å². The van der Waals surface area contributed by atoms with Crippen LogP contribution in [0, 0.1) is 13.8 Å². The van der Waals surface area contributed by atoms with Gasteiger partial charge in [0.1, 0.15) is 11.4 Å². The molecule has 0 spiro atoms. The molecule has 6 nitrogen and oxygen atoms in total. The number of benzene rings is 2. The molecule has 1 amide bonds.